The zero-order valence-corrected chi connectivity index (χ0v) is 7.79. The lowest BCUT2D eigenvalue weighted by Gasteiger charge is -2.12. The van der Waals surface area contributed by atoms with E-state index in [9.17, 15) is 4.79 Å². The first-order valence-corrected chi connectivity index (χ1v) is 3.86. The van der Waals surface area contributed by atoms with E-state index in [0.717, 1.165) is 6.54 Å². The molecule has 1 unspecified atom stereocenters. The molecule has 2 nitrogen and oxygen atoms in total. The van der Waals surface area contributed by atoms with Gasteiger partial charge in [-0.3, -0.25) is 4.79 Å². The van der Waals surface area contributed by atoms with Crippen molar-refractivity contribution in [1.82, 2.24) is 4.90 Å². The minimum atomic E-state index is 0.121. The summed E-state index contributed by atoms with van der Waals surface area (Å²) in [5.74, 6) is 0.574. The molecule has 0 bridgehead atoms. The summed E-state index contributed by atoms with van der Waals surface area (Å²) in [6.07, 6.45) is 3.58. The van der Waals surface area contributed by atoms with Gasteiger partial charge in [-0.2, -0.15) is 0 Å². The minimum Gasteiger partial charge on any atom is -0.309 e. The number of hydrogen-bond acceptors (Lipinski definition) is 2. The molecule has 11 heavy (non-hydrogen) atoms. The summed E-state index contributed by atoms with van der Waals surface area (Å²) in [6, 6.07) is 0. The minimum absolute atomic E-state index is 0.121. The van der Waals surface area contributed by atoms with Crippen LogP contribution in [0.1, 0.15) is 13.8 Å². The highest BCUT2D eigenvalue weighted by atomic mass is 16.1. The van der Waals surface area contributed by atoms with Gasteiger partial charge in [-0.1, -0.05) is 13.0 Å². The summed E-state index contributed by atoms with van der Waals surface area (Å²) in [4.78, 5) is 12.6. The van der Waals surface area contributed by atoms with Gasteiger partial charge in [0.1, 0.15) is 0 Å². The van der Waals surface area contributed by atoms with Crippen LogP contribution in [0.5, 0.6) is 0 Å². The monoisotopic (exact) mass is 155 g/mol. The maximum absolute atomic E-state index is 10.5. The van der Waals surface area contributed by atoms with Crippen molar-refractivity contribution in [3.05, 3.63) is 12.2 Å². The zero-order chi connectivity index (χ0) is 8.85. The van der Waals surface area contributed by atoms with Crippen molar-refractivity contribution in [3.8, 4) is 0 Å². The molecule has 0 amide bonds. The van der Waals surface area contributed by atoms with Crippen LogP contribution < -0.4 is 0 Å². The van der Waals surface area contributed by atoms with E-state index >= 15 is 0 Å². The molecule has 0 heterocycles. The van der Waals surface area contributed by atoms with Gasteiger partial charge in [0.2, 0.25) is 0 Å². The maximum Gasteiger partial charge on any atom is 0.152 e. The Balaban J connectivity index is 3.68. The number of rotatable bonds is 4. The van der Waals surface area contributed by atoms with E-state index in [-0.39, 0.29) is 5.78 Å². The molecule has 0 aliphatic carbocycles. The second-order valence-corrected chi connectivity index (χ2v) is 3.21. The van der Waals surface area contributed by atoms with E-state index in [4.69, 9.17) is 0 Å². The van der Waals surface area contributed by atoms with Crippen LogP contribution in [-0.4, -0.2) is 31.3 Å². The lowest BCUT2D eigenvalue weighted by atomic mass is 10.1. The lowest BCUT2D eigenvalue weighted by molar-refractivity contribution is -0.112. The molecule has 0 aliphatic rings. The molecule has 0 spiro atoms. The van der Waals surface area contributed by atoms with Crippen molar-refractivity contribution in [2.24, 2.45) is 5.92 Å². The molecular formula is C9H17NO. The normalized spacial score (nSPS) is 14.3. The quantitative estimate of drug-likeness (QED) is 0.571. The van der Waals surface area contributed by atoms with Gasteiger partial charge in [-0.05, 0) is 33.0 Å². The van der Waals surface area contributed by atoms with Gasteiger partial charge in [-0.25, -0.2) is 0 Å². The highest BCUT2D eigenvalue weighted by Crippen LogP contribution is 1.97. The van der Waals surface area contributed by atoms with Crippen molar-refractivity contribution < 1.29 is 4.79 Å². The van der Waals surface area contributed by atoms with E-state index in [0.29, 0.717) is 5.92 Å². The van der Waals surface area contributed by atoms with Crippen LogP contribution in [-0.2, 0) is 4.79 Å². The molecule has 64 valence electrons. The number of allylic oxidation sites excluding steroid dienone is 1. The molecule has 0 radical (unpaired) electrons. The lowest BCUT2D eigenvalue weighted by Crippen LogP contribution is -2.18. The van der Waals surface area contributed by atoms with Crippen molar-refractivity contribution in [1.29, 1.82) is 0 Å². The summed E-state index contributed by atoms with van der Waals surface area (Å²) >= 11 is 0. The van der Waals surface area contributed by atoms with Crippen LogP contribution in [0.25, 0.3) is 0 Å². The van der Waals surface area contributed by atoms with Gasteiger partial charge in [0.05, 0.1) is 0 Å². The Morgan fingerprint density at radius 3 is 2.45 bits per heavy atom. The predicted octanol–water partition coefficient (Wildman–Crippen LogP) is 1.33. The summed E-state index contributed by atoms with van der Waals surface area (Å²) in [7, 11) is 4.05. The topological polar surface area (TPSA) is 20.3 Å². The van der Waals surface area contributed by atoms with Crippen molar-refractivity contribution in [2.75, 3.05) is 20.6 Å². The third-order valence-corrected chi connectivity index (χ3v) is 1.31. The fourth-order valence-electron chi connectivity index (χ4n) is 0.937. The van der Waals surface area contributed by atoms with Gasteiger partial charge in [0.25, 0.3) is 0 Å². The van der Waals surface area contributed by atoms with Gasteiger partial charge >= 0.3 is 0 Å². The molecule has 0 N–H and O–H groups in total. The van der Waals surface area contributed by atoms with E-state index in [2.05, 4.69) is 11.8 Å². The predicted molar refractivity (Wildman–Crippen MR) is 47.5 cm³/mol. The zero-order valence-electron chi connectivity index (χ0n) is 7.79. The molecular weight excluding hydrogens is 138 g/mol. The number of nitrogens with zero attached hydrogens (tertiary/aromatic N) is 1. The second kappa shape index (κ2) is 5.08. The number of hydrogen-bond donors (Lipinski definition) is 0. The van der Waals surface area contributed by atoms with E-state index in [1.807, 2.05) is 20.2 Å². The number of carbonyl (C=O) groups is 1. The smallest absolute Gasteiger partial charge is 0.152 e. The number of carbonyl (C=O) groups excluding carboxylic acids is 1. The Hall–Kier alpha value is -0.630. The van der Waals surface area contributed by atoms with Crippen LogP contribution in [0.3, 0.4) is 0 Å². The number of ketones is 1. The average Bonchev–Trinajstić information content (AvgIpc) is 1.82. The van der Waals surface area contributed by atoms with Crippen molar-refractivity contribution in [3.63, 3.8) is 0 Å². The molecule has 0 aromatic carbocycles. The summed E-state index contributed by atoms with van der Waals surface area (Å²) in [6.45, 7) is 4.65. The standard InChI is InChI=1S/C9H17NO/c1-8(7-10(3)4)5-6-9(2)11/h5-6,8H,7H2,1-4H3. The largest absolute Gasteiger partial charge is 0.309 e. The summed E-state index contributed by atoms with van der Waals surface area (Å²) in [5.41, 5.74) is 0. The second-order valence-electron chi connectivity index (χ2n) is 3.21. The summed E-state index contributed by atoms with van der Waals surface area (Å²) in [5, 5.41) is 0. The Kier molecular flexibility index (Phi) is 4.79. The molecule has 0 aromatic rings. The van der Waals surface area contributed by atoms with Crippen LogP contribution in [0.15, 0.2) is 12.2 Å². The molecule has 0 aromatic heterocycles. The van der Waals surface area contributed by atoms with Crippen LogP contribution >= 0.6 is 0 Å². The highest BCUT2D eigenvalue weighted by molar-refractivity contribution is 5.87. The Morgan fingerprint density at radius 1 is 1.55 bits per heavy atom. The Labute approximate surface area is 68.9 Å². The maximum atomic E-state index is 10.5. The molecule has 0 aliphatic heterocycles. The SMILES string of the molecule is CC(=O)C=CC(C)CN(C)C. The Bertz CT molecular complexity index is 150. The van der Waals surface area contributed by atoms with Gasteiger partial charge in [0, 0.05) is 6.54 Å². The molecule has 1 atom stereocenters. The Morgan fingerprint density at radius 2 is 2.09 bits per heavy atom. The first-order chi connectivity index (χ1) is 5.02. The van der Waals surface area contributed by atoms with E-state index in [1.165, 1.54) is 0 Å². The first kappa shape index (κ1) is 10.4. The highest BCUT2D eigenvalue weighted by Gasteiger charge is 1.97. The summed E-state index contributed by atoms with van der Waals surface area (Å²) < 4.78 is 0. The third kappa shape index (κ3) is 7.26. The van der Waals surface area contributed by atoms with Crippen LogP contribution in [0.4, 0.5) is 0 Å². The first-order valence-electron chi connectivity index (χ1n) is 3.86. The molecule has 0 saturated heterocycles. The average molecular weight is 155 g/mol. The molecule has 2 heteroatoms. The fourth-order valence-corrected chi connectivity index (χ4v) is 0.937. The van der Waals surface area contributed by atoms with E-state index in [1.54, 1.807) is 13.0 Å². The fraction of sp³-hybridized carbons (Fsp3) is 0.667. The molecule has 0 fully saturated rings. The van der Waals surface area contributed by atoms with Crippen molar-refractivity contribution >= 4 is 5.78 Å². The van der Waals surface area contributed by atoms with Crippen molar-refractivity contribution in [2.45, 2.75) is 13.8 Å². The van der Waals surface area contributed by atoms with Gasteiger partial charge in [-0.15, -0.1) is 0 Å². The molecule has 0 saturated carbocycles. The third-order valence-electron chi connectivity index (χ3n) is 1.31. The van der Waals surface area contributed by atoms with Gasteiger partial charge < -0.3 is 4.90 Å². The van der Waals surface area contributed by atoms with Gasteiger partial charge in [0.15, 0.2) is 5.78 Å². The molecule has 0 rings (SSSR count). The van der Waals surface area contributed by atoms with Crippen LogP contribution in [0.2, 0.25) is 0 Å². The van der Waals surface area contributed by atoms with Crippen LogP contribution in [0, 0.1) is 5.92 Å². The van der Waals surface area contributed by atoms with E-state index < -0.39 is 0 Å².